The lowest BCUT2D eigenvalue weighted by atomic mass is 9.92. The van der Waals surface area contributed by atoms with Crippen molar-refractivity contribution in [3.63, 3.8) is 0 Å². The van der Waals surface area contributed by atoms with Crippen LogP contribution in [0.2, 0.25) is 0 Å². The Labute approximate surface area is 190 Å². The molecule has 2 aromatic heterocycles. The lowest BCUT2D eigenvalue weighted by Gasteiger charge is -2.35. The molecular weight excluding hydrogens is 430 g/mol. The Morgan fingerprint density at radius 2 is 2.03 bits per heavy atom. The summed E-state index contributed by atoms with van der Waals surface area (Å²) in [4.78, 5) is 32.8. The number of rotatable bonds is 6. The van der Waals surface area contributed by atoms with Gasteiger partial charge >= 0.3 is 0 Å². The van der Waals surface area contributed by atoms with Gasteiger partial charge in [-0.1, -0.05) is 37.7 Å². The first kappa shape index (κ1) is 21.9. The number of amides is 1. The normalized spacial score (nSPS) is 19.0. The number of benzene rings is 1. The number of thiophene rings is 1. The van der Waals surface area contributed by atoms with E-state index in [2.05, 4.69) is 13.8 Å². The molecule has 0 bridgehead atoms. The number of methoxy groups -OCH3 is 1. The van der Waals surface area contributed by atoms with Crippen LogP contribution in [0, 0.1) is 11.8 Å². The number of fused-ring (bicyclic) bond motifs is 1. The van der Waals surface area contributed by atoms with Crippen molar-refractivity contribution < 1.29 is 9.53 Å². The number of aromatic nitrogens is 2. The summed E-state index contributed by atoms with van der Waals surface area (Å²) in [6.45, 7) is 6.38. The van der Waals surface area contributed by atoms with Gasteiger partial charge in [0, 0.05) is 13.1 Å². The second-order valence-corrected chi connectivity index (χ2v) is 10.2. The topological polar surface area (TPSA) is 64.4 Å². The van der Waals surface area contributed by atoms with Gasteiger partial charge in [0.05, 0.1) is 24.9 Å². The van der Waals surface area contributed by atoms with Crippen LogP contribution in [0.15, 0.2) is 45.7 Å². The maximum Gasteiger partial charge on any atom is 0.272 e. The van der Waals surface area contributed by atoms with E-state index in [0.29, 0.717) is 33.8 Å². The number of hydrogen-bond acceptors (Lipinski definition) is 6. The second kappa shape index (κ2) is 9.44. The molecule has 3 aromatic rings. The van der Waals surface area contributed by atoms with E-state index in [1.807, 2.05) is 40.6 Å². The summed E-state index contributed by atoms with van der Waals surface area (Å²) in [6.07, 6.45) is 1.16. The van der Waals surface area contributed by atoms with E-state index in [4.69, 9.17) is 9.72 Å². The monoisotopic (exact) mass is 457 g/mol. The third-order valence-electron chi connectivity index (χ3n) is 5.55. The van der Waals surface area contributed by atoms with Gasteiger partial charge in [0.15, 0.2) is 5.16 Å². The fraction of sp³-hybridized carbons (Fsp3) is 0.435. The van der Waals surface area contributed by atoms with E-state index in [0.717, 1.165) is 30.8 Å². The number of carbonyl (C=O) groups is 1. The van der Waals surface area contributed by atoms with Crippen LogP contribution >= 0.6 is 23.1 Å². The molecule has 0 aliphatic carbocycles. The lowest BCUT2D eigenvalue weighted by Crippen LogP contribution is -2.43. The highest BCUT2D eigenvalue weighted by Gasteiger charge is 2.26. The molecule has 2 atom stereocenters. The molecule has 0 N–H and O–H groups in total. The van der Waals surface area contributed by atoms with Crippen molar-refractivity contribution in [2.75, 3.05) is 26.0 Å². The maximum absolute atomic E-state index is 13.2. The average molecular weight is 458 g/mol. The fourth-order valence-electron chi connectivity index (χ4n) is 4.21. The number of ether oxygens (including phenoxy) is 1. The summed E-state index contributed by atoms with van der Waals surface area (Å²) < 4.78 is 7.63. The van der Waals surface area contributed by atoms with Crippen LogP contribution in [0.5, 0.6) is 5.75 Å². The third kappa shape index (κ3) is 4.96. The first-order chi connectivity index (χ1) is 14.9. The van der Waals surface area contributed by atoms with Gasteiger partial charge in [0.1, 0.15) is 10.4 Å². The molecule has 164 valence electrons. The molecule has 1 saturated heterocycles. The highest BCUT2D eigenvalue weighted by atomic mass is 32.2. The van der Waals surface area contributed by atoms with Gasteiger partial charge in [-0.3, -0.25) is 14.2 Å². The minimum atomic E-state index is -0.0713. The molecule has 4 rings (SSSR count). The van der Waals surface area contributed by atoms with E-state index in [1.165, 1.54) is 23.1 Å². The Morgan fingerprint density at radius 3 is 2.77 bits per heavy atom. The first-order valence-corrected chi connectivity index (χ1v) is 12.3. The maximum atomic E-state index is 13.2. The van der Waals surface area contributed by atoms with Crippen molar-refractivity contribution >= 4 is 39.2 Å². The Balaban J connectivity index is 1.59. The Kier molecular flexibility index (Phi) is 6.67. The second-order valence-electron chi connectivity index (χ2n) is 8.31. The summed E-state index contributed by atoms with van der Waals surface area (Å²) in [5.41, 5.74) is 1.57. The lowest BCUT2D eigenvalue weighted by molar-refractivity contribution is -0.130. The molecule has 3 heterocycles. The van der Waals surface area contributed by atoms with Gasteiger partial charge in [-0.05, 0) is 47.4 Å². The average Bonchev–Trinajstić information content (AvgIpc) is 3.22. The zero-order chi connectivity index (χ0) is 22.0. The minimum absolute atomic E-state index is 0.0713. The molecule has 6 nitrogen and oxygen atoms in total. The molecule has 1 aliphatic rings. The molecule has 1 aliphatic heterocycles. The number of piperidine rings is 1. The van der Waals surface area contributed by atoms with Crippen molar-refractivity contribution in [3.8, 4) is 5.75 Å². The third-order valence-corrected chi connectivity index (χ3v) is 7.40. The van der Waals surface area contributed by atoms with Crippen molar-refractivity contribution in [3.05, 3.63) is 51.6 Å². The van der Waals surface area contributed by atoms with Gasteiger partial charge in [0.25, 0.3) is 5.56 Å². The molecule has 8 heteroatoms. The van der Waals surface area contributed by atoms with Crippen LogP contribution in [0.4, 0.5) is 0 Å². The Hall–Kier alpha value is -2.32. The van der Waals surface area contributed by atoms with E-state index < -0.39 is 0 Å². The molecule has 1 fully saturated rings. The predicted molar refractivity (Wildman–Crippen MR) is 126 cm³/mol. The molecule has 0 saturated carbocycles. The van der Waals surface area contributed by atoms with Crippen LogP contribution in [0.1, 0.15) is 25.8 Å². The molecule has 1 aromatic carbocycles. The van der Waals surface area contributed by atoms with Crippen LogP contribution in [-0.4, -0.2) is 46.3 Å². The number of likely N-dealkylation sites (tertiary alicyclic amines) is 1. The summed E-state index contributed by atoms with van der Waals surface area (Å²) in [7, 11) is 1.62. The zero-order valence-corrected chi connectivity index (χ0v) is 19.7. The highest BCUT2D eigenvalue weighted by Crippen LogP contribution is 2.25. The predicted octanol–water partition coefficient (Wildman–Crippen LogP) is 4.11. The number of carbonyl (C=O) groups excluding carboxylic acids is 1. The smallest absolute Gasteiger partial charge is 0.272 e. The van der Waals surface area contributed by atoms with Crippen molar-refractivity contribution in [1.29, 1.82) is 0 Å². The van der Waals surface area contributed by atoms with Crippen LogP contribution in [0.25, 0.3) is 10.2 Å². The van der Waals surface area contributed by atoms with E-state index >= 15 is 0 Å². The number of thioether (sulfide) groups is 1. The summed E-state index contributed by atoms with van der Waals surface area (Å²) in [5.74, 6) is 2.16. The minimum Gasteiger partial charge on any atom is -0.497 e. The Bertz CT molecular complexity index is 1130. The number of hydrogen-bond donors (Lipinski definition) is 0. The summed E-state index contributed by atoms with van der Waals surface area (Å²) in [6, 6.07) is 9.52. The summed E-state index contributed by atoms with van der Waals surface area (Å²) in [5, 5.41) is 2.45. The van der Waals surface area contributed by atoms with Crippen molar-refractivity contribution in [2.24, 2.45) is 11.8 Å². The zero-order valence-electron chi connectivity index (χ0n) is 18.0. The quantitative estimate of drug-likeness (QED) is 0.412. The number of nitrogens with zero attached hydrogens (tertiary/aromatic N) is 3. The van der Waals surface area contributed by atoms with Gasteiger partial charge < -0.3 is 9.64 Å². The SMILES string of the molecule is COc1cccc(Cn2c(SCC(=O)N3C[C@H](C)C[C@H](C)C3)nc3ccsc3c2=O)c1. The van der Waals surface area contributed by atoms with Gasteiger partial charge in [0.2, 0.25) is 5.91 Å². The Morgan fingerprint density at radius 1 is 1.26 bits per heavy atom. The molecule has 0 unspecified atom stereocenters. The fourth-order valence-corrected chi connectivity index (χ4v) is 5.89. The van der Waals surface area contributed by atoms with Gasteiger partial charge in [-0.25, -0.2) is 4.98 Å². The van der Waals surface area contributed by atoms with E-state index in [9.17, 15) is 9.59 Å². The molecule has 0 spiro atoms. The molecule has 0 radical (unpaired) electrons. The largest absolute Gasteiger partial charge is 0.497 e. The standard InChI is InChI=1S/C23H27N3O3S2/c1-15-9-16(2)12-25(11-15)20(27)14-31-23-24-19-7-8-30-21(19)22(28)26(23)13-17-5-4-6-18(10-17)29-3/h4-8,10,15-16H,9,11-14H2,1-3H3/t15-,16+. The van der Waals surface area contributed by atoms with Crippen molar-refractivity contribution in [2.45, 2.75) is 32.0 Å². The van der Waals surface area contributed by atoms with Crippen molar-refractivity contribution in [1.82, 2.24) is 14.5 Å². The van der Waals surface area contributed by atoms with Crippen LogP contribution < -0.4 is 10.3 Å². The summed E-state index contributed by atoms with van der Waals surface area (Å²) >= 11 is 2.74. The van der Waals surface area contributed by atoms with Crippen LogP contribution in [-0.2, 0) is 11.3 Å². The van der Waals surface area contributed by atoms with Gasteiger partial charge in [-0.2, -0.15) is 0 Å². The molecule has 31 heavy (non-hydrogen) atoms. The van der Waals surface area contributed by atoms with E-state index in [-0.39, 0.29) is 17.2 Å². The van der Waals surface area contributed by atoms with E-state index in [1.54, 1.807) is 11.7 Å². The van der Waals surface area contributed by atoms with Crippen LogP contribution in [0.3, 0.4) is 0 Å². The molecule has 1 amide bonds. The molecular formula is C23H27N3O3S2. The first-order valence-electron chi connectivity index (χ1n) is 10.5. The highest BCUT2D eigenvalue weighted by molar-refractivity contribution is 7.99. The van der Waals surface area contributed by atoms with Gasteiger partial charge in [-0.15, -0.1) is 11.3 Å².